The molecule has 5 nitrogen and oxygen atoms in total. The van der Waals surface area contributed by atoms with E-state index in [1.54, 1.807) is 0 Å². The average molecular weight is 392 g/mol. The molecule has 0 saturated heterocycles. The summed E-state index contributed by atoms with van der Waals surface area (Å²) in [4.78, 5) is 19.0. The molecule has 0 spiro atoms. The molecule has 1 heterocycles. The molecule has 0 aliphatic rings. The Morgan fingerprint density at radius 2 is 2.00 bits per heavy atom. The van der Waals surface area contributed by atoms with E-state index in [1.807, 2.05) is 5.32 Å². The molecular formula is C8H7Br2F3N4O. The van der Waals surface area contributed by atoms with Gasteiger partial charge in [0, 0.05) is 0 Å². The maximum absolute atomic E-state index is 12.5. The lowest BCUT2D eigenvalue weighted by atomic mass is 10.0. The van der Waals surface area contributed by atoms with Gasteiger partial charge in [-0.05, 0) is 38.8 Å². The Morgan fingerprint density at radius 1 is 1.44 bits per heavy atom. The molecule has 0 aliphatic carbocycles. The van der Waals surface area contributed by atoms with Crippen molar-refractivity contribution in [3.05, 3.63) is 15.4 Å². The van der Waals surface area contributed by atoms with Crippen molar-refractivity contribution < 1.29 is 18.0 Å². The zero-order chi connectivity index (χ0) is 14.1. The molecule has 18 heavy (non-hydrogen) atoms. The van der Waals surface area contributed by atoms with Crippen LogP contribution in [0.2, 0.25) is 0 Å². The van der Waals surface area contributed by atoms with E-state index in [0.29, 0.717) is 11.5 Å². The van der Waals surface area contributed by atoms with Crippen LogP contribution in [0.15, 0.2) is 15.4 Å². The third-order valence-corrected chi connectivity index (χ3v) is 2.93. The summed E-state index contributed by atoms with van der Waals surface area (Å²) in [7, 11) is 0. The van der Waals surface area contributed by atoms with E-state index in [9.17, 15) is 18.0 Å². The molecule has 1 unspecified atom stereocenters. The minimum absolute atomic E-state index is 0.0863. The van der Waals surface area contributed by atoms with Gasteiger partial charge in [-0.1, -0.05) is 0 Å². The molecule has 1 amide bonds. The van der Waals surface area contributed by atoms with Crippen LogP contribution in [0.4, 0.5) is 19.0 Å². The molecule has 1 aromatic rings. The summed E-state index contributed by atoms with van der Waals surface area (Å²) in [5, 5.41) is 1.96. The lowest BCUT2D eigenvalue weighted by molar-refractivity contribution is -0.184. The highest BCUT2D eigenvalue weighted by atomic mass is 79.9. The number of nitrogens with zero attached hydrogens (tertiary/aromatic N) is 2. The monoisotopic (exact) mass is 390 g/mol. The molecule has 0 saturated carbocycles. The number of aromatic nitrogens is 2. The van der Waals surface area contributed by atoms with Gasteiger partial charge in [-0.3, -0.25) is 4.79 Å². The van der Waals surface area contributed by atoms with Gasteiger partial charge in [0.05, 0.1) is 6.20 Å². The second kappa shape index (κ2) is 5.10. The van der Waals surface area contributed by atoms with Crippen molar-refractivity contribution in [1.82, 2.24) is 9.97 Å². The van der Waals surface area contributed by atoms with Gasteiger partial charge < -0.3 is 11.1 Å². The van der Waals surface area contributed by atoms with Crippen molar-refractivity contribution in [2.45, 2.75) is 18.6 Å². The Balaban J connectivity index is 2.95. The number of nitrogens with two attached hydrogens (primary N) is 1. The lowest BCUT2D eigenvalue weighted by Gasteiger charge is -2.25. The third kappa shape index (κ3) is 3.18. The lowest BCUT2D eigenvalue weighted by Crippen LogP contribution is -2.59. The van der Waals surface area contributed by atoms with Crippen LogP contribution in [0.1, 0.15) is 6.92 Å². The van der Waals surface area contributed by atoms with Crippen LogP contribution in [0.25, 0.3) is 0 Å². The summed E-state index contributed by atoms with van der Waals surface area (Å²) < 4.78 is 38.0. The summed E-state index contributed by atoms with van der Waals surface area (Å²) in [5.74, 6) is -1.57. The normalized spacial score (nSPS) is 15.1. The van der Waals surface area contributed by atoms with Gasteiger partial charge in [-0.2, -0.15) is 13.2 Å². The molecule has 0 aromatic carbocycles. The first kappa shape index (κ1) is 15.3. The number of carbonyl (C=O) groups excluding carboxylic acids is 1. The third-order valence-electron chi connectivity index (χ3n) is 1.99. The van der Waals surface area contributed by atoms with Crippen molar-refractivity contribution in [2.24, 2.45) is 5.73 Å². The number of hydrogen-bond donors (Lipinski definition) is 2. The largest absolute Gasteiger partial charge is 0.415 e. The molecule has 0 radical (unpaired) electrons. The van der Waals surface area contributed by atoms with Crippen molar-refractivity contribution in [3.63, 3.8) is 0 Å². The van der Waals surface area contributed by atoms with Crippen molar-refractivity contribution >= 4 is 43.6 Å². The number of amides is 1. The minimum Gasteiger partial charge on any atom is -0.310 e. The SMILES string of the molecule is CC(N)(C(=O)Nc1ncc(Br)nc1Br)C(F)(F)F. The van der Waals surface area contributed by atoms with Crippen LogP contribution in [0.3, 0.4) is 0 Å². The number of anilines is 1. The Morgan fingerprint density at radius 3 is 2.44 bits per heavy atom. The van der Waals surface area contributed by atoms with Crippen LogP contribution in [0.5, 0.6) is 0 Å². The van der Waals surface area contributed by atoms with E-state index < -0.39 is 17.6 Å². The summed E-state index contributed by atoms with van der Waals surface area (Å²) in [5.41, 5.74) is 1.94. The zero-order valence-corrected chi connectivity index (χ0v) is 12.0. The molecular weight excluding hydrogens is 385 g/mol. The minimum atomic E-state index is -4.87. The molecule has 1 aromatic heterocycles. The summed E-state index contributed by atoms with van der Waals surface area (Å²) in [6, 6.07) is 0. The second-order valence-electron chi connectivity index (χ2n) is 3.49. The number of rotatable bonds is 2. The van der Waals surface area contributed by atoms with Crippen molar-refractivity contribution in [1.29, 1.82) is 0 Å². The molecule has 1 rings (SSSR count). The molecule has 0 bridgehead atoms. The van der Waals surface area contributed by atoms with Crippen LogP contribution in [-0.2, 0) is 4.79 Å². The summed E-state index contributed by atoms with van der Waals surface area (Å²) in [6.45, 7) is 0.572. The van der Waals surface area contributed by atoms with E-state index in [1.165, 1.54) is 6.20 Å². The zero-order valence-electron chi connectivity index (χ0n) is 8.85. The Kier molecular flexibility index (Phi) is 4.34. The number of alkyl halides is 3. The van der Waals surface area contributed by atoms with Crippen molar-refractivity contribution in [2.75, 3.05) is 5.32 Å². The van der Waals surface area contributed by atoms with Gasteiger partial charge in [-0.25, -0.2) is 9.97 Å². The molecule has 3 N–H and O–H groups in total. The summed E-state index contributed by atoms with van der Waals surface area (Å²) >= 11 is 5.97. The molecule has 1 atom stereocenters. The predicted molar refractivity (Wildman–Crippen MR) is 64.7 cm³/mol. The number of halogens is 5. The topological polar surface area (TPSA) is 80.9 Å². The maximum atomic E-state index is 12.5. The van der Waals surface area contributed by atoms with E-state index in [4.69, 9.17) is 5.73 Å². The van der Waals surface area contributed by atoms with Gasteiger partial charge in [0.25, 0.3) is 5.91 Å². The molecule has 10 heteroatoms. The maximum Gasteiger partial charge on any atom is 0.415 e. The Bertz CT molecular complexity index is 478. The molecule has 0 aliphatic heterocycles. The van der Waals surface area contributed by atoms with E-state index in [2.05, 4.69) is 41.8 Å². The molecule has 0 fully saturated rings. The van der Waals surface area contributed by atoms with Gasteiger partial charge in [0.15, 0.2) is 11.4 Å². The van der Waals surface area contributed by atoms with Crippen LogP contribution in [-0.4, -0.2) is 27.6 Å². The Hall–Kier alpha value is -0.740. The quantitative estimate of drug-likeness (QED) is 0.809. The fourth-order valence-electron chi connectivity index (χ4n) is 0.797. The first-order chi connectivity index (χ1) is 8.05. The predicted octanol–water partition coefficient (Wildman–Crippen LogP) is 2.22. The number of nitrogens with one attached hydrogen (secondary N) is 1. The smallest absolute Gasteiger partial charge is 0.310 e. The van der Waals surface area contributed by atoms with Gasteiger partial charge in [0.1, 0.15) is 9.21 Å². The highest BCUT2D eigenvalue weighted by Gasteiger charge is 2.54. The first-order valence-electron chi connectivity index (χ1n) is 4.41. The standard InChI is InChI=1S/C8H7Br2F3N4O/c1-7(14,8(11,12)13)6(18)17-5-4(10)16-3(9)2-15-5/h2H,14H2,1H3,(H,15,17,18). The van der Waals surface area contributed by atoms with E-state index in [0.717, 1.165) is 0 Å². The van der Waals surface area contributed by atoms with Crippen LogP contribution in [0, 0.1) is 0 Å². The fourth-order valence-corrected chi connectivity index (χ4v) is 1.71. The van der Waals surface area contributed by atoms with Crippen LogP contribution >= 0.6 is 31.9 Å². The highest BCUT2D eigenvalue weighted by Crippen LogP contribution is 2.29. The van der Waals surface area contributed by atoms with Gasteiger partial charge in [0.2, 0.25) is 0 Å². The average Bonchev–Trinajstić information content (AvgIpc) is 2.20. The van der Waals surface area contributed by atoms with Gasteiger partial charge >= 0.3 is 6.18 Å². The first-order valence-corrected chi connectivity index (χ1v) is 5.99. The van der Waals surface area contributed by atoms with E-state index in [-0.39, 0.29) is 10.4 Å². The van der Waals surface area contributed by atoms with Gasteiger partial charge in [-0.15, -0.1) is 0 Å². The highest BCUT2D eigenvalue weighted by molar-refractivity contribution is 9.11. The number of carbonyl (C=O) groups is 1. The van der Waals surface area contributed by atoms with E-state index >= 15 is 0 Å². The Labute approximate surface area is 117 Å². The van der Waals surface area contributed by atoms with Crippen molar-refractivity contribution in [3.8, 4) is 0 Å². The summed E-state index contributed by atoms with van der Waals surface area (Å²) in [6.07, 6.45) is -3.64. The fraction of sp³-hybridized carbons (Fsp3) is 0.375. The second-order valence-corrected chi connectivity index (χ2v) is 5.05. The van der Waals surface area contributed by atoms with Crippen LogP contribution < -0.4 is 11.1 Å². The molecule has 100 valence electrons. The number of hydrogen-bond acceptors (Lipinski definition) is 4.